The third kappa shape index (κ3) is 3.66. The maximum Gasteiger partial charge on any atom is 0.265 e. The maximum absolute atomic E-state index is 12.9. The van der Waals surface area contributed by atoms with Gasteiger partial charge in [0.15, 0.2) is 0 Å². The van der Waals surface area contributed by atoms with Gasteiger partial charge in [0.25, 0.3) is 10.0 Å². The van der Waals surface area contributed by atoms with E-state index in [1.54, 1.807) is 4.68 Å². The summed E-state index contributed by atoms with van der Waals surface area (Å²) in [6, 6.07) is 15.1. The number of hydrogen-bond acceptors (Lipinski definition) is 4. The lowest BCUT2D eigenvalue weighted by atomic mass is 10.2. The second-order valence-corrected chi connectivity index (χ2v) is 7.58. The predicted octanol–water partition coefficient (Wildman–Crippen LogP) is 3.64. The molecule has 3 aromatic rings. The third-order valence-corrected chi connectivity index (χ3v) is 5.07. The number of phenols is 1. The summed E-state index contributed by atoms with van der Waals surface area (Å²) in [6.07, 6.45) is 1.54. The summed E-state index contributed by atoms with van der Waals surface area (Å²) in [5.74, 6) is 0.0700. The summed E-state index contributed by atoms with van der Waals surface area (Å²) >= 11 is 0. The van der Waals surface area contributed by atoms with Crippen LogP contribution in [0.2, 0.25) is 0 Å². The van der Waals surface area contributed by atoms with Crippen LogP contribution >= 0.6 is 0 Å². The summed E-state index contributed by atoms with van der Waals surface area (Å²) < 4.78 is 29.9. The molecule has 0 spiro atoms. The van der Waals surface area contributed by atoms with Crippen molar-refractivity contribution in [2.75, 3.05) is 4.72 Å². The van der Waals surface area contributed by atoms with Crippen LogP contribution in [-0.4, -0.2) is 23.3 Å². The van der Waals surface area contributed by atoms with Crippen LogP contribution in [0.3, 0.4) is 0 Å². The van der Waals surface area contributed by atoms with Crippen molar-refractivity contribution in [2.45, 2.75) is 24.8 Å². The fourth-order valence-electron chi connectivity index (χ4n) is 2.37. The molecule has 7 heteroatoms. The summed E-state index contributed by atoms with van der Waals surface area (Å²) in [5, 5.41) is 13.8. The molecule has 25 heavy (non-hydrogen) atoms. The van der Waals surface area contributed by atoms with Crippen molar-refractivity contribution < 1.29 is 13.5 Å². The number of aromatic hydroxyl groups is 1. The lowest BCUT2D eigenvalue weighted by Crippen LogP contribution is -2.13. The second-order valence-electron chi connectivity index (χ2n) is 5.93. The number of nitrogens with one attached hydrogen (secondary N) is 1. The first kappa shape index (κ1) is 17.0. The van der Waals surface area contributed by atoms with E-state index in [-0.39, 0.29) is 16.7 Å². The highest BCUT2D eigenvalue weighted by molar-refractivity contribution is 7.92. The average molecular weight is 357 g/mol. The zero-order valence-corrected chi connectivity index (χ0v) is 14.7. The van der Waals surface area contributed by atoms with Gasteiger partial charge in [0.1, 0.15) is 16.3 Å². The van der Waals surface area contributed by atoms with Crippen molar-refractivity contribution >= 4 is 15.7 Å². The van der Waals surface area contributed by atoms with Gasteiger partial charge in [0.05, 0.1) is 0 Å². The highest BCUT2D eigenvalue weighted by atomic mass is 32.2. The monoisotopic (exact) mass is 357 g/mol. The highest BCUT2D eigenvalue weighted by Gasteiger charge is 2.24. The number of rotatable bonds is 5. The molecule has 0 radical (unpaired) electrons. The van der Waals surface area contributed by atoms with Gasteiger partial charge in [0.2, 0.25) is 0 Å². The van der Waals surface area contributed by atoms with Gasteiger partial charge in [-0.25, -0.2) is 8.42 Å². The summed E-state index contributed by atoms with van der Waals surface area (Å²) in [6.45, 7) is 3.87. The first-order valence-corrected chi connectivity index (χ1v) is 9.31. The van der Waals surface area contributed by atoms with E-state index >= 15 is 0 Å². The zero-order chi connectivity index (χ0) is 18.0. The topological polar surface area (TPSA) is 84.2 Å². The molecule has 3 rings (SSSR count). The number of benzene rings is 2. The first-order chi connectivity index (χ1) is 11.9. The Balaban J connectivity index is 2.06. The lowest BCUT2D eigenvalue weighted by molar-refractivity contribution is 0.475. The van der Waals surface area contributed by atoms with E-state index in [0.29, 0.717) is 11.4 Å². The Kier molecular flexibility index (Phi) is 4.50. The Morgan fingerprint density at radius 2 is 1.68 bits per heavy atom. The van der Waals surface area contributed by atoms with Crippen LogP contribution in [0.1, 0.15) is 19.9 Å². The zero-order valence-electron chi connectivity index (χ0n) is 13.9. The minimum atomic E-state index is -3.83. The average Bonchev–Trinajstić information content (AvgIpc) is 3.04. The molecule has 0 aliphatic rings. The number of aromatic nitrogens is 2. The molecule has 0 bridgehead atoms. The Hall–Kier alpha value is -2.80. The number of sulfonamides is 1. The van der Waals surface area contributed by atoms with Crippen LogP contribution < -0.4 is 4.72 Å². The molecule has 0 saturated carbocycles. The van der Waals surface area contributed by atoms with E-state index in [4.69, 9.17) is 0 Å². The van der Waals surface area contributed by atoms with E-state index in [9.17, 15) is 13.5 Å². The Morgan fingerprint density at radius 3 is 2.28 bits per heavy atom. The van der Waals surface area contributed by atoms with Crippen LogP contribution in [0.4, 0.5) is 5.69 Å². The summed E-state index contributed by atoms with van der Waals surface area (Å²) in [7, 11) is -3.83. The van der Waals surface area contributed by atoms with Crippen molar-refractivity contribution in [3.8, 4) is 17.0 Å². The van der Waals surface area contributed by atoms with Crippen LogP contribution in [-0.2, 0) is 10.0 Å². The smallest absolute Gasteiger partial charge is 0.265 e. The molecule has 0 saturated heterocycles. The van der Waals surface area contributed by atoms with Crippen molar-refractivity contribution in [2.24, 2.45) is 0 Å². The summed E-state index contributed by atoms with van der Waals surface area (Å²) in [5.41, 5.74) is 1.50. The molecule has 0 aliphatic heterocycles. The molecule has 0 fully saturated rings. The van der Waals surface area contributed by atoms with Gasteiger partial charge >= 0.3 is 0 Å². The number of phenolic OH excluding ortho intramolecular Hbond substituents is 1. The predicted molar refractivity (Wildman–Crippen MR) is 97.0 cm³/mol. The van der Waals surface area contributed by atoms with E-state index in [0.717, 1.165) is 5.56 Å². The van der Waals surface area contributed by atoms with Crippen molar-refractivity contribution in [3.05, 3.63) is 60.8 Å². The number of hydrogen-bond donors (Lipinski definition) is 2. The van der Waals surface area contributed by atoms with E-state index < -0.39 is 10.0 Å². The minimum absolute atomic E-state index is 0.0279. The van der Waals surface area contributed by atoms with E-state index in [1.165, 1.54) is 30.5 Å². The summed E-state index contributed by atoms with van der Waals surface area (Å²) in [4.78, 5) is 0.112. The van der Waals surface area contributed by atoms with Gasteiger partial charge in [-0.2, -0.15) is 5.10 Å². The Morgan fingerprint density at radius 1 is 1.04 bits per heavy atom. The van der Waals surface area contributed by atoms with E-state index in [2.05, 4.69) is 9.82 Å². The minimum Gasteiger partial charge on any atom is -0.508 e. The normalized spacial score (nSPS) is 11.6. The standard InChI is InChI=1S/C18H19N3O3S/c1-13(2)21-12-17(18(19-21)14-6-4-3-5-7-14)25(23,24)20-15-8-10-16(22)11-9-15/h3-13,20,22H,1-2H3. The Bertz CT molecular complexity index is 963. The van der Waals surface area contributed by atoms with Gasteiger partial charge in [-0.15, -0.1) is 0 Å². The van der Waals surface area contributed by atoms with Crippen molar-refractivity contribution in [1.82, 2.24) is 9.78 Å². The van der Waals surface area contributed by atoms with Gasteiger partial charge in [0, 0.05) is 23.5 Å². The largest absolute Gasteiger partial charge is 0.508 e. The maximum atomic E-state index is 12.9. The van der Waals surface area contributed by atoms with Gasteiger partial charge in [-0.3, -0.25) is 9.40 Å². The SMILES string of the molecule is CC(C)n1cc(S(=O)(=O)Nc2ccc(O)cc2)c(-c2ccccc2)n1. The first-order valence-electron chi connectivity index (χ1n) is 7.83. The molecule has 1 heterocycles. The van der Waals surface area contributed by atoms with Crippen LogP contribution in [0.5, 0.6) is 5.75 Å². The lowest BCUT2D eigenvalue weighted by Gasteiger charge is -2.08. The van der Waals surface area contributed by atoms with Crippen LogP contribution in [0.15, 0.2) is 65.7 Å². The fourth-order valence-corrected chi connectivity index (χ4v) is 3.59. The molecular weight excluding hydrogens is 338 g/mol. The van der Waals surface area contributed by atoms with E-state index in [1.807, 2.05) is 44.2 Å². The van der Waals surface area contributed by atoms with Gasteiger partial charge in [-0.05, 0) is 38.1 Å². The molecule has 1 aromatic heterocycles. The molecular formula is C18H19N3O3S. The molecule has 2 N–H and O–H groups in total. The molecule has 0 atom stereocenters. The van der Waals surface area contributed by atoms with Gasteiger partial charge < -0.3 is 5.11 Å². The molecule has 0 aliphatic carbocycles. The molecule has 0 amide bonds. The second kappa shape index (κ2) is 6.60. The molecule has 130 valence electrons. The van der Waals surface area contributed by atoms with Gasteiger partial charge in [-0.1, -0.05) is 30.3 Å². The third-order valence-electron chi connectivity index (χ3n) is 3.68. The molecule has 0 unspecified atom stereocenters. The fraction of sp³-hybridized carbons (Fsp3) is 0.167. The molecule has 6 nitrogen and oxygen atoms in total. The van der Waals surface area contributed by atoms with Crippen LogP contribution in [0.25, 0.3) is 11.3 Å². The molecule has 2 aromatic carbocycles. The van der Waals surface area contributed by atoms with Crippen molar-refractivity contribution in [3.63, 3.8) is 0 Å². The number of nitrogens with zero attached hydrogens (tertiary/aromatic N) is 2. The number of anilines is 1. The quantitative estimate of drug-likeness (QED) is 0.683. The van der Waals surface area contributed by atoms with Crippen molar-refractivity contribution in [1.29, 1.82) is 0 Å². The highest BCUT2D eigenvalue weighted by Crippen LogP contribution is 2.29. The van der Waals surface area contributed by atoms with Crippen LogP contribution in [0, 0.1) is 0 Å². The Labute approximate surface area is 146 Å².